The number of hydrogen-bond donors (Lipinski definition) is 2. The lowest BCUT2D eigenvalue weighted by molar-refractivity contribution is -0.117. The van der Waals surface area contributed by atoms with Gasteiger partial charge >= 0.3 is 0 Å². The van der Waals surface area contributed by atoms with Gasteiger partial charge in [-0.05, 0) is 23.6 Å². The highest BCUT2D eigenvalue weighted by atomic mass is 16.2. The van der Waals surface area contributed by atoms with E-state index in [0.29, 0.717) is 0 Å². The van der Waals surface area contributed by atoms with Crippen LogP contribution in [0.15, 0.2) is 18.2 Å². The predicted octanol–water partition coefficient (Wildman–Crippen LogP) is 1.71. The lowest BCUT2D eigenvalue weighted by Crippen LogP contribution is -2.21. The maximum Gasteiger partial charge on any atom is 0.256 e. The van der Waals surface area contributed by atoms with Crippen molar-refractivity contribution in [2.24, 2.45) is 5.92 Å². The summed E-state index contributed by atoms with van der Waals surface area (Å²) in [6.45, 7) is 1.98. The van der Waals surface area contributed by atoms with Gasteiger partial charge < -0.3 is 10.6 Å². The lowest BCUT2D eigenvalue weighted by atomic mass is 9.78. The fourth-order valence-corrected chi connectivity index (χ4v) is 3.11. The van der Waals surface area contributed by atoms with Crippen molar-refractivity contribution in [3.8, 4) is 0 Å². The van der Waals surface area contributed by atoms with Gasteiger partial charge in [0.25, 0.3) is 5.91 Å². The van der Waals surface area contributed by atoms with E-state index in [1.54, 1.807) is 0 Å². The van der Waals surface area contributed by atoms with E-state index in [2.05, 4.69) is 10.6 Å². The van der Waals surface area contributed by atoms with Crippen LogP contribution < -0.4 is 10.6 Å². The van der Waals surface area contributed by atoms with Crippen LogP contribution in [0, 0.1) is 5.92 Å². The number of carbonyl (C=O) groups is 2. The maximum atomic E-state index is 11.9. The van der Waals surface area contributed by atoms with Gasteiger partial charge in [-0.2, -0.15) is 0 Å². The molecule has 4 heteroatoms. The summed E-state index contributed by atoms with van der Waals surface area (Å²) < 4.78 is 0. The summed E-state index contributed by atoms with van der Waals surface area (Å²) in [6, 6.07) is 3.72. The van der Waals surface area contributed by atoms with Crippen LogP contribution in [0.1, 0.15) is 24.0 Å². The standard InChI is InChI=1S/C13H10N2O2/c1-5-4-6-10-7(14-12(6)16)2-3-8-11(10)9(5)13(17)15-8/h2-5,9H,1H3,(H,14,16)(H,15,17). The first kappa shape index (κ1) is 8.98. The molecule has 0 aromatic heterocycles. The van der Waals surface area contributed by atoms with E-state index in [4.69, 9.17) is 0 Å². The van der Waals surface area contributed by atoms with Crippen molar-refractivity contribution in [3.63, 3.8) is 0 Å². The molecule has 1 aliphatic carbocycles. The molecule has 17 heavy (non-hydrogen) atoms. The van der Waals surface area contributed by atoms with E-state index in [0.717, 1.165) is 28.1 Å². The second kappa shape index (κ2) is 2.59. The average molecular weight is 226 g/mol. The molecule has 4 rings (SSSR count). The Hall–Kier alpha value is -2.10. The smallest absolute Gasteiger partial charge is 0.256 e. The van der Waals surface area contributed by atoms with Crippen LogP contribution >= 0.6 is 0 Å². The molecule has 0 saturated heterocycles. The summed E-state index contributed by atoms with van der Waals surface area (Å²) in [5, 5.41) is 5.73. The van der Waals surface area contributed by atoms with Gasteiger partial charge in [-0.3, -0.25) is 9.59 Å². The normalized spacial score (nSPS) is 27.5. The number of benzene rings is 1. The van der Waals surface area contributed by atoms with E-state index in [1.807, 2.05) is 25.1 Å². The Morgan fingerprint density at radius 1 is 1.12 bits per heavy atom. The first-order chi connectivity index (χ1) is 8.16. The van der Waals surface area contributed by atoms with E-state index >= 15 is 0 Å². The molecule has 2 amide bonds. The van der Waals surface area contributed by atoms with Crippen molar-refractivity contribution < 1.29 is 9.59 Å². The fourth-order valence-electron chi connectivity index (χ4n) is 3.11. The topological polar surface area (TPSA) is 58.2 Å². The summed E-state index contributed by atoms with van der Waals surface area (Å²) in [6.07, 6.45) is 1.91. The minimum absolute atomic E-state index is 0.0375. The number of anilines is 2. The summed E-state index contributed by atoms with van der Waals surface area (Å²) >= 11 is 0. The molecule has 2 unspecified atom stereocenters. The zero-order valence-electron chi connectivity index (χ0n) is 9.20. The molecule has 0 bridgehead atoms. The van der Waals surface area contributed by atoms with Gasteiger partial charge in [0.05, 0.1) is 5.92 Å². The third-order valence-corrected chi connectivity index (χ3v) is 3.81. The van der Waals surface area contributed by atoms with Gasteiger partial charge in [0.1, 0.15) is 0 Å². The highest BCUT2D eigenvalue weighted by molar-refractivity contribution is 6.33. The molecule has 0 saturated carbocycles. The minimum atomic E-state index is -0.142. The third-order valence-electron chi connectivity index (χ3n) is 3.81. The highest BCUT2D eigenvalue weighted by Gasteiger charge is 2.43. The van der Waals surface area contributed by atoms with Crippen molar-refractivity contribution in [2.75, 3.05) is 10.6 Å². The van der Waals surface area contributed by atoms with Gasteiger partial charge in [-0.1, -0.05) is 13.0 Å². The quantitative estimate of drug-likeness (QED) is 0.707. The molecule has 1 aromatic rings. The maximum absolute atomic E-state index is 11.9. The molecule has 0 fully saturated rings. The van der Waals surface area contributed by atoms with Crippen LogP contribution in [-0.2, 0) is 9.59 Å². The van der Waals surface area contributed by atoms with Crippen LogP contribution in [0.2, 0.25) is 0 Å². The molecule has 1 aromatic carbocycles. The third kappa shape index (κ3) is 0.895. The Kier molecular flexibility index (Phi) is 1.37. The van der Waals surface area contributed by atoms with E-state index in [9.17, 15) is 9.59 Å². The summed E-state index contributed by atoms with van der Waals surface area (Å²) in [5.41, 5.74) is 4.32. The van der Waals surface area contributed by atoms with E-state index in [-0.39, 0.29) is 23.7 Å². The molecular formula is C13H10N2O2. The number of allylic oxidation sites excluding steroid dienone is 1. The van der Waals surface area contributed by atoms with Gasteiger partial charge in [-0.15, -0.1) is 0 Å². The molecule has 84 valence electrons. The second-order valence-corrected chi connectivity index (χ2v) is 4.81. The molecule has 0 radical (unpaired) electrons. The van der Waals surface area contributed by atoms with Crippen LogP contribution in [0.4, 0.5) is 11.4 Å². The molecule has 3 aliphatic rings. The molecule has 4 nitrogen and oxygen atoms in total. The number of rotatable bonds is 0. The van der Waals surface area contributed by atoms with Gasteiger partial charge in [0, 0.05) is 22.5 Å². The average Bonchev–Trinajstić information content (AvgIpc) is 2.77. The Morgan fingerprint density at radius 2 is 1.88 bits per heavy atom. The summed E-state index contributed by atoms with van der Waals surface area (Å²) in [7, 11) is 0. The van der Waals surface area contributed by atoms with Crippen molar-refractivity contribution >= 4 is 28.8 Å². The van der Waals surface area contributed by atoms with Crippen LogP contribution in [-0.4, -0.2) is 11.8 Å². The largest absolute Gasteiger partial charge is 0.325 e. The molecule has 2 aliphatic heterocycles. The Bertz CT molecular complexity index is 631. The Morgan fingerprint density at radius 3 is 2.71 bits per heavy atom. The number of amides is 2. The van der Waals surface area contributed by atoms with Crippen LogP contribution in [0.25, 0.3) is 5.57 Å². The van der Waals surface area contributed by atoms with Gasteiger partial charge in [0.15, 0.2) is 0 Å². The van der Waals surface area contributed by atoms with Crippen LogP contribution in [0.3, 0.4) is 0 Å². The predicted molar refractivity (Wildman–Crippen MR) is 63.6 cm³/mol. The summed E-state index contributed by atoms with van der Waals surface area (Å²) in [4.78, 5) is 23.8. The molecule has 0 spiro atoms. The van der Waals surface area contributed by atoms with E-state index in [1.165, 1.54) is 0 Å². The lowest BCUT2D eigenvalue weighted by Gasteiger charge is -2.22. The minimum Gasteiger partial charge on any atom is -0.325 e. The first-order valence-electron chi connectivity index (χ1n) is 5.68. The van der Waals surface area contributed by atoms with E-state index < -0.39 is 0 Å². The Labute approximate surface area is 97.7 Å². The van der Waals surface area contributed by atoms with Gasteiger partial charge in [-0.25, -0.2) is 0 Å². The highest BCUT2D eigenvalue weighted by Crippen LogP contribution is 2.51. The zero-order chi connectivity index (χ0) is 11.7. The molecule has 2 heterocycles. The van der Waals surface area contributed by atoms with Crippen molar-refractivity contribution in [2.45, 2.75) is 12.8 Å². The first-order valence-corrected chi connectivity index (χ1v) is 5.68. The SMILES string of the molecule is CC1C=C2C(=O)Nc3ccc4c(c32)C1C(=O)N4. The van der Waals surface area contributed by atoms with Gasteiger partial charge in [0.2, 0.25) is 5.91 Å². The monoisotopic (exact) mass is 226 g/mol. The number of carbonyl (C=O) groups excluding carboxylic acids is 2. The van der Waals surface area contributed by atoms with Crippen LogP contribution in [0.5, 0.6) is 0 Å². The molecule has 2 atom stereocenters. The zero-order valence-corrected chi connectivity index (χ0v) is 9.20. The number of nitrogens with one attached hydrogen (secondary N) is 2. The number of hydrogen-bond acceptors (Lipinski definition) is 2. The van der Waals surface area contributed by atoms with Crippen molar-refractivity contribution in [1.29, 1.82) is 0 Å². The fraction of sp³-hybridized carbons (Fsp3) is 0.231. The second-order valence-electron chi connectivity index (χ2n) is 4.81. The van der Waals surface area contributed by atoms with Crippen molar-refractivity contribution in [3.05, 3.63) is 29.3 Å². The molecule has 2 N–H and O–H groups in total. The van der Waals surface area contributed by atoms with Crippen molar-refractivity contribution in [1.82, 2.24) is 0 Å². The Balaban J connectivity index is 2.12. The molecular weight excluding hydrogens is 216 g/mol. The summed E-state index contributed by atoms with van der Waals surface area (Å²) in [5.74, 6) is -0.0946.